The molecule has 0 saturated heterocycles. The molecule has 0 aromatic carbocycles. The Morgan fingerprint density at radius 1 is 1.38 bits per heavy atom. The predicted molar refractivity (Wildman–Crippen MR) is 44.3 cm³/mol. The SMILES string of the molecule is C=C(CC)CC(=O)CCC(F)(F)F. The average molecular weight is 194 g/mol. The highest BCUT2D eigenvalue weighted by molar-refractivity contribution is 5.80. The molecule has 0 rings (SSSR count). The molecule has 0 unspecified atom stereocenters. The van der Waals surface area contributed by atoms with Crippen LogP contribution in [0.3, 0.4) is 0 Å². The first-order valence-corrected chi connectivity index (χ1v) is 4.10. The van der Waals surface area contributed by atoms with Crippen molar-refractivity contribution in [3.63, 3.8) is 0 Å². The van der Waals surface area contributed by atoms with Crippen LogP contribution >= 0.6 is 0 Å². The number of halogens is 3. The van der Waals surface area contributed by atoms with Crippen LogP contribution in [0.4, 0.5) is 13.2 Å². The van der Waals surface area contributed by atoms with Crippen molar-refractivity contribution in [3.8, 4) is 0 Å². The average Bonchev–Trinajstić information content (AvgIpc) is 1.99. The normalized spacial score (nSPS) is 11.4. The van der Waals surface area contributed by atoms with Crippen LogP contribution in [0, 0.1) is 0 Å². The Kier molecular flexibility index (Phi) is 4.73. The number of ketones is 1. The van der Waals surface area contributed by atoms with E-state index in [4.69, 9.17) is 0 Å². The third kappa shape index (κ3) is 7.56. The fraction of sp³-hybridized carbons (Fsp3) is 0.667. The minimum atomic E-state index is -4.23. The van der Waals surface area contributed by atoms with Gasteiger partial charge in [0.25, 0.3) is 0 Å². The maximum absolute atomic E-state index is 11.7. The van der Waals surface area contributed by atoms with Gasteiger partial charge in [0.1, 0.15) is 5.78 Å². The molecule has 0 saturated carbocycles. The molecule has 0 atom stereocenters. The van der Waals surface area contributed by atoms with E-state index >= 15 is 0 Å². The van der Waals surface area contributed by atoms with E-state index in [0.717, 1.165) is 0 Å². The Hall–Kier alpha value is -0.800. The van der Waals surface area contributed by atoms with Gasteiger partial charge in [0.15, 0.2) is 0 Å². The lowest BCUT2D eigenvalue weighted by Gasteiger charge is -2.05. The molecular weight excluding hydrogens is 181 g/mol. The first-order chi connectivity index (χ1) is 5.85. The standard InChI is InChI=1S/C9H13F3O/c1-3-7(2)6-8(13)4-5-9(10,11)12/h2-6H2,1H3. The molecular formula is C9H13F3O. The minimum Gasteiger partial charge on any atom is -0.299 e. The van der Waals surface area contributed by atoms with Crippen molar-refractivity contribution in [1.82, 2.24) is 0 Å². The summed E-state index contributed by atoms with van der Waals surface area (Å²) in [5.41, 5.74) is 0.687. The lowest BCUT2D eigenvalue weighted by atomic mass is 10.1. The first-order valence-electron chi connectivity index (χ1n) is 4.10. The number of alkyl halides is 3. The fourth-order valence-corrected chi connectivity index (χ4v) is 0.773. The van der Waals surface area contributed by atoms with E-state index in [0.29, 0.717) is 12.0 Å². The van der Waals surface area contributed by atoms with E-state index in [1.165, 1.54) is 0 Å². The van der Waals surface area contributed by atoms with E-state index in [9.17, 15) is 18.0 Å². The summed E-state index contributed by atoms with van der Waals surface area (Å²) in [5.74, 6) is -0.385. The Balaban J connectivity index is 3.70. The summed E-state index contributed by atoms with van der Waals surface area (Å²) >= 11 is 0. The van der Waals surface area contributed by atoms with Crippen LogP contribution in [0.25, 0.3) is 0 Å². The van der Waals surface area contributed by atoms with Crippen LogP contribution in [0.2, 0.25) is 0 Å². The molecule has 0 aliphatic carbocycles. The zero-order chi connectivity index (χ0) is 10.5. The number of Topliss-reactive ketones (excluding diaryl/α,β-unsaturated/α-hetero) is 1. The highest BCUT2D eigenvalue weighted by atomic mass is 19.4. The summed E-state index contributed by atoms with van der Waals surface area (Å²) < 4.78 is 35.0. The van der Waals surface area contributed by atoms with E-state index < -0.39 is 19.0 Å². The second kappa shape index (κ2) is 5.04. The summed E-state index contributed by atoms with van der Waals surface area (Å²) in [6.45, 7) is 5.37. The zero-order valence-corrected chi connectivity index (χ0v) is 7.58. The molecule has 0 amide bonds. The van der Waals surface area contributed by atoms with Gasteiger partial charge in [0.05, 0.1) is 6.42 Å². The molecule has 76 valence electrons. The molecule has 0 N–H and O–H groups in total. The molecule has 0 aliphatic heterocycles. The molecule has 4 heteroatoms. The molecule has 0 spiro atoms. The summed E-state index contributed by atoms with van der Waals surface area (Å²) in [6, 6.07) is 0. The third-order valence-corrected chi connectivity index (χ3v) is 1.63. The second-order valence-electron chi connectivity index (χ2n) is 2.93. The largest absolute Gasteiger partial charge is 0.389 e. The number of rotatable bonds is 5. The maximum atomic E-state index is 11.7. The number of hydrogen-bond donors (Lipinski definition) is 0. The number of hydrogen-bond acceptors (Lipinski definition) is 1. The van der Waals surface area contributed by atoms with Gasteiger partial charge in [-0.3, -0.25) is 4.79 Å². The van der Waals surface area contributed by atoms with Crippen molar-refractivity contribution in [2.75, 3.05) is 0 Å². The van der Waals surface area contributed by atoms with Gasteiger partial charge in [-0.2, -0.15) is 13.2 Å². The number of allylic oxidation sites excluding steroid dienone is 1. The van der Waals surface area contributed by atoms with Crippen LogP contribution in [0.1, 0.15) is 32.6 Å². The van der Waals surface area contributed by atoms with Gasteiger partial charge in [0.2, 0.25) is 0 Å². The summed E-state index contributed by atoms with van der Waals surface area (Å²) in [6.07, 6.45) is -4.97. The highest BCUT2D eigenvalue weighted by Crippen LogP contribution is 2.22. The van der Waals surface area contributed by atoms with Gasteiger partial charge in [-0.15, -0.1) is 0 Å². The smallest absolute Gasteiger partial charge is 0.299 e. The van der Waals surface area contributed by atoms with Gasteiger partial charge in [0, 0.05) is 12.8 Å². The van der Waals surface area contributed by atoms with Crippen LogP contribution in [-0.4, -0.2) is 12.0 Å². The maximum Gasteiger partial charge on any atom is 0.389 e. The van der Waals surface area contributed by atoms with Gasteiger partial charge in [-0.1, -0.05) is 19.1 Å². The van der Waals surface area contributed by atoms with Gasteiger partial charge >= 0.3 is 6.18 Å². The lowest BCUT2D eigenvalue weighted by Crippen LogP contribution is -2.10. The minimum absolute atomic E-state index is 0.0760. The Morgan fingerprint density at radius 2 is 1.92 bits per heavy atom. The molecule has 13 heavy (non-hydrogen) atoms. The van der Waals surface area contributed by atoms with Crippen molar-refractivity contribution in [1.29, 1.82) is 0 Å². The van der Waals surface area contributed by atoms with Crippen molar-refractivity contribution >= 4 is 5.78 Å². The molecule has 0 aliphatic rings. The van der Waals surface area contributed by atoms with Crippen LogP contribution in [0.15, 0.2) is 12.2 Å². The van der Waals surface area contributed by atoms with Crippen molar-refractivity contribution < 1.29 is 18.0 Å². The first kappa shape index (κ1) is 12.2. The summed E-state index contributed by atoms with van der Waals surface area (Å²) in [5, 5.41) is 0. The van der Waals surface area contributed by atoms with Crippen molar-refractivity contribution in [2.45, 2.75) is 38.8 Å². The molecule has 0 fully saturated rings. The molecule has 0 heterocycles. The predicted octanol–water partition coefficient (Wildman–Crippen LogP) is 3.25. The van der Waals surface area contributed by atoms with Crippen molar-refractivity contribution in [2.24, 2.45) is 0 Å². The van der Waals surface area contributed by atoms with E-state index in [1.54, 1.807) is 0 Å². The van der Waals surface area contributed by atoms with Gasteiger partial charge in [-0.05, 0) is 6.42 Å². The third-order valence-electron chi connectivity index (χ3n) is 1.63. The summed E-state index contributed by atoms with van der Waals surface area (Å²) in [7, 11) is 0. The van der Waals surface area contributed by atoms with Crippen LogP contribution in [-0.2, 0) is 4.79 Å². The molecule has 1 nitrogen and oxygen atoms in total. The van der Waals surface area contributed by atoms with Gasteiger partial charge in [-0.25, -0.2) is 0 Å². The molecule has 0 bridgehead atoms. The molecule has 0 radical (unpaired) electrons. The Bertz CT molecular complexity index is 194. The molecule has 0 aromatic rings. The van der Waals surface area contributed by atoms with Crippen LogP contribution < -0.4 is 0 Å². The quantitative estimate of drug-likeness (QED) is 0.614. The second-order valence-corrected chi connectivity index (χ2v) is 2.93. The lowest BCUT2D eigenvalue weighted by molar-refractivity contribution is -0.143. The molecule has 0 aromatic heterocycles. The topological polar surface area (TPSA) is 17.1 Å². The van der Waals surface area contributed by atoms with Crippen LogP contribution in [0.5, 0.6) is 0 Å². The van der Waals surface area contributed by atoms with E-state index in [-0.39, 0.29) is 12.2 Å². The monoisotopic (exact) mass is 194 g/mol. The van der Waals surface area contributed by atoms with E-state index in [1.807, 2.05) is 6.92 Å². The number of carbonyl (C=O) groups excluding carboxylic acids is 1. The highest BCUT2D eigenvalue weighted by Gasteiger charge is 2.27. The van der Waals surface area contributed by atoms with E-state index in [2.05, 4.69) is 6.58 Å². The van der Waals surface area contributed by atoms with Gasteiger partial charge < -0.3 is 0 Å². The Labute approximate surface area is 75.6 Å². The summed E-state index contributed by atoms with van der Waals surface area (Å²) in [4.78, 5) is 10.9. The number of carbonyl (C=O) groups is 1. The van der Waals surface area contributed by atoms with Crippen molar-refractivity contribution in [3.05, 3.63) is 12.2 Å². The Morgan fingerprint density at radius 3 is 2.31 bits per heavy atom. The fourth-order valence-electron chi connectivity index (χ4n) is 0.773. The zero-order valence-electron chi connectivity index (χ0n) is 7.58.